The van der Waals surface area contributed by atoms with E-state index < -0.39 is 0 Å². The van der Waals surface area contributed by atoms with Gasteiger partial charge >= 0.3 is 0 Å². The van der Waals surface area contributed by atoms with Crippen LogP contribution in [0.3, 0.4) is 0 Å². The molecule has 1 aromatic carbocycles. The number of benzene rings is 1. The van der Waals surface area contributed by atoms with Crippen LogP contribution >= 0.6 is 0 Å². The molecule has 0 bridgehead atoms. The third-order valence-electron chi connectivity index (χ3n) is 2.11. The molecule has 2 rings (SSSR count). The fourth-order valence-corrected chi connectivity index (χ4v) is 1.18. The predicted octanol–water partition coefficient (Wildman–Crippen LogP) is 2.59. The average Bonchev–Trinajstić information content (AvgIpc) is 2.35. The largest absolute Gasteiger partial charge is 0.437 e. The molecule has 17 heavy (non-hydrogen) atoms. The van der Waals surface area contributed by atoms with Crippen LogP contribution in [0.4, 0.5) is 4.39 Å². The molecule has 0 atom stereocenters. The lowest BCUT2D eigenvalue weighted by molar-refractivity contribution is 0.454. The Morgan fingerprint density at radius 2 is 2.12 bits per heavy atom. The van der Waals surface area contributed by atoms with E-state index in [-0.39, 0.29) is 17.4 Å². The zero-order valence-electron chi connectivity index (χ0n) is 9.01. The molecule has 0 aliphatic heterocycles. The highest BCUT2D eigenvalue weighted by Crippen LogP contribution is 2.20. The van der Waals surface area contributed by atoms with Crippen LogP contribution < -0.4 is 4.74 Å². The highest BCUT2D eigenvalue weighted by Gasteiger charge is 2.03. The molecule has 0 N–H and O–H groups in total. The summed E-state index contributed by atoms with van der Waals surface area (Å²) in [6, 6.07) is 6.37. The number of hydrogen-bond acceptors (Lipinski definition) is 4. The van der Waals surface area contributed by atoms with Gasteiger partial charge in [0.15, 0.2) is 5.69 Å². The van der Waals surface area contributed by atoms with Crippen molar-refractivity contribution in [3.63, 3.8) is 0 Å². The van der Waals surface area contributed by atoms with Crippen LogP contribution in [-0.4, -0.2) is 9.97 Å². The molecule has 0 saturated carbocycles. The Labute approximate surface area is 97.3 Å². The summed E-state index contributed by atoms with van der Waals surface area (Å²) < 4.78 is 18.5. The lowest BCUT2D eigenvalue weighted by Crippen LogP contribution is -1.92. The molecule has 0 aliphatic rings. The highest BCUT2D eigenvalue weighted by molar-refractivity contribution is 5.31. The van der Waals surface area contributed by atoms with E-state index in [4.69, 9.17) is 10.00 Å². The van der Waals surface area contributed by atoms with Crippen LogP contribution in [0.15, 0.2) is 30.6 Å². The van der Waals surface area contributed by atoms with Crippen LogP contribution in [0.5, 0.6) is 11.6 Å². The number of halogens is 1. The minimum Gasteiger partial charge on any atom is -0.437 e. The van der Waals surface area contributed by atoms with Gasteiger partial charge in [-0.1, -0.05) is 6.07 Å². The van der Waals surface area contributed by atoms with E-state index in [9.17, 15) is 4.39 Å². The molecule has 1 aromatic heterocycles. The minimum absolute atomic E-state index is 0.201. The first kappa shape index (κ1) is 11.0. The summed E-state index contributed by atoms with van der Waals surface area (Å²) in [4.78, 5) is 7.66. The second-order valence-electron chi connectivity index (χ2n) is 3.36. The summed E-state index contributed by atoms with van der Waals surface area (Å²) in [7, 11) is 0. The van der Waals surface area contributed by atoms with Crippen molar-refractivity contribution in [2.75, 3.05) is 0 Å². The van der Waals surface area contributed by atoms with E-state index in [0.29, 0.717) is 11.3 Å². The normalized spacial score (nSPS) is 9.71. The Kier molecular flexibility index (Phi) is 2.97. The van der Waals surface area contributed by atoms with E-state index in [0.717, 1.165) is 0 Å². The lowest BCUT2D eigenvalue weighted by Gasteiger charge is -2.04. The zero-order valence-corrected chi connectivity index (χ0v) is 9.01. The van der Waals surface area contributed by atoms with E-state index >= 15 is 0 Å². The van der Waals surface area contributed by atoms with Gasteiger partial charge < -0.3 is 4.74 Å². The van der Waals surface area contributed by atoms with E-state index in [1.807, 2.05) is 6.07 Å². The topological polar surface area (TPSA) is 58.8 Å². The molecule has 0 fully saturated rings. The zero-order chi connectivity index (χ0) is 12.3. The van der Waals surface area contributed by atoms with Gasteiger partial charge in [-0.25, -0.2) is 14.4 Å². The predicted molar refractivity (Wildman–Crippen MR) is 58.0 cm³/mol. The van der Waals surface area contributed by atoms with Crippen LogP contribution in [0.2, 0.25) is 0 Å². The van der Waals surface area contributed by atoms with Gasteiger partial charge in [-0.2, -0.15) is 5.26 Å². The van der Waals surface area contributed by atoms with Crippen molar-refractivity contribution in [1.82, 2.24) is 9.97 Å². The van der Waals surface area contributed by atoms with Crippen LogP contribution in [0.25, 0.3) is 0 Å². The second-order valence-corrected chi connectivity index (χ2v) is 3.36. The maximum absolute atomic E-state index is 13.2. The molecule has 4 nitrogen and oxygen atoms in total. The van der Waals surface area contributed by atoms with E-state index in [1.54, 1.807) is 19.1 Å². The summed E-state index contributed by atoms with van der Waals surface area (Å²) in [5, 5.41) is 8.54. The van der Waals surface area contributed by atoms with Gasteiger partial charge in [-0.3, -0.25) is 0 Å². The first-order valence-electron chi connectivity index (χ1n) is 4.85. The molecule has 0 radical (unpaired) electrons. The van der Waals surface area contributed by atoms with Crippen molar-refractivity contribution >= 4 is 0 Å². The van der Waals surface area contributed by atoms with Crippen molar-refractivity contribution in [3.8, 4) is 17.7 Å². The third kappa shape index (κ3) is 2.55. The minimum atomic E-state index is -0.343. The summed E-state index contributed by atoms with van der Waals surface area (Å²) >= 11 is 0. The Hall–Kier alpha value is -2.48. The SMILES string of the molecule is Cc1ccc(Oc2cnc(C#N)cn2)cc1F. The van der Waals surface area contributed by atoms with Crippen molar-refractivity contribution in [2.24, 2.45) is 0 Å². The van der Waals surface area contributed by atoms with Crippen LogP contribution in [-0.2, 0) is 0 Å². The summed E-state index contributed by atoms with van der Waals surface area (Å²) in [6.45, 7) is 1.67. The number of hydrogen-bond donors (Lipinski definition) is 0. The second kappa shape index (κ2) is 4.58. The molecular formula is C12H8FN3O. The van der Waals surface area contributed by atoms with Gasteiger partial charge in [0.2, 0.25) is 5.88 Å². The number of rotatable bonds is 2. The number of nitrogens with zero attached hydrogens (tertiary/aromatic N) is 3. The smallest absolute Gasteiger partial charge is 0.237 e. The number of aromatic nitrogens is 2. The molecule has 0 saturated heterocycles. The third-order valence-corrected chi connectivity index (χ3v) is 2.11. The van der Waals surface area contributed by atoms with E-state index in [1.165, 1.54) is 18.5 Å². The Morgan fingerprint density at radius 1 is 1.29 bits per heavy atom. The van der Waals surface area contributed by atoms with Gasteiger partial charge in [0.25, 0.3) is 0 Å². The first-order chi connectivity index (χ1) is 8.19. The van der Waals surface area contributed by atoms with Crippen LogP contribution in [0.1, 0.15) is 11.3 Å². The van der Waals surface area contributed by atoms with Crippen LogP contribution in [0, 0.1) is 24.1 Å². The van der Waals surface area contributed by atoms with Crippen molar-refractivity contribution in [1.29, 1.82) is 5.26 Å². The summed E-state index contributed by atoms with van der Waals surface area (Å²) in [5.41, 5.74) is 0.746. The first-order valence-corrected chi connectivity index (χ1v) is 4.85. The highest BCUT2D eigenvalue weighted by atomic mass is 19.1. The molecule has 0 spiro atoms. The standard InChI is InChI=1S/C12H8FN3O/c1-8-2-3-10(4-11(8)13)17-12-7-15-9(5-14)6-16-12/h2-4,6-7H,1H3. The number of nitriles is 1. The fraction of sp³-hybridized carbons (Fsp3) is 0.0833. The van der Waals surface area contributed by atoms with Gasteiger partial charge in [-0.15, -0.1) is 0 Å². The molecule has 1 heterocycles. The summed E-state index contributed by atoms with van der Waals surface area (Å²) in [6.07, 6.45) is 2.61. The molecular weight excluding hydrogens is 221 g/mol. The van der Waals surface area contributed by atoms with Gasteiger partial charge in [0.1, 0.15) is 17.6 Å². The molecule has 0 unspecified atom stereocenters. The molecule has 0 amide bonds. The van der Waals surface area contributed by atoms with Gasteiger partial charge in [0, 0.05) is 6.07 Å². The number of aryl methyl sites for hydroxylation is 1. The summed E-state index contributed by atoms with van der Waals surface area (Å²) in [5.74, 6) is 0.212. The van der Waals surface area contributed by atoms with Crippen molar-refractivity contribution < 1.29 is 9.13 Å². The average molecular weight is 229 g/mol. The maximum atomic E-state index is 13.2. The van der Waals surface area contributed by atoms with Gasteiger partial charge in [0.05, 0.1) is 12.4 Å². The number of ether oxygens (including phenoxy) is 1. The molecule has 2 aromatic rings. The molecule has 5 heteroatoms. The monoisotopic (exact) mass is 229 g/mol. The molecule has 84 valence electrons. The lowest BCUT2D eigenvalue weighted by atomic mass is 10.2. The van der Waals surface area contributed by atoms with Gasteiger partial charge in [-0.05, 0) is 18.6 Å². The van der Waals surface area contributed by atoms with Crippen molar-refractivity contribution in [3.05, 3.63) is 47.7 Å². The fourth-order valence-electron chi connectivity index (χ4n) is 1.18. The Morgan fingerprint density at radius 3 is 2.71 bits per heavy atom. The molecule has 0 aliphatic carbocycles. The van der Waals surface area contributed by atoms with E-state index in [2.05, 4.69) is 9.97 Å². The van der Waals surface area contributed by atoms with Crippen molar-refractivity contribution in [2.45, 2.75) is 6.92 Å². The Balaban J connectivity index is 2.20. The Bertz CT molecular complexity index is 575. The maximum Gasteiger partial charge on any atom is 0.237 e. The quantitative estimate of drug-likeness (QED) is 0.794.